The number of benzene rings is 2. The Morgan fingerprint density at radius 3 is 2.61 bits per heavy atom. The SMILES string of the molecule is C[C@@]1(c2ccccc2Br)NC(=O)N(Cc2cccc(Cl)c2)C1=O. The first-order valence-electron chi connectivity index (χ1n) is 7.05. The summed E-state index contributed by atoms with van der Waals surface area (Å²) in [5.41, 5.74) is 0.444. The molecule has 0 bridgehead atoms. The number of hydrogen-bond acceptors (Lipinski definition) is 2. The fourth-order valence-corrected chi connectivity index (χ4v) is 3.60. The number of carbonyl (C=O) groups is 2. The first-order chi connectivity index (χ1) is 10.9. The normalized spacial score (nSPS) is 20.7. The fraction of sp³-hybridized carbons (Fsp3) is 0.176. The zero-order chi connectivity index (χ0) is 16.6. The van der Waals surface area contributed by atoms with Crippen LogP contribution in [0, 0.1) is 0 Å². The van der Waals surface area contributed by atoms with Crippen molar-refractivity contribution in [2.75, 3.05) is 0 Å². The van der Waals surface area contributed by atoms with E-state index < -0.39 is 11.6 Å². The summed E-state index contributed by atoms with van der Waals surface area (Å²) < 4.78 is 0.778. The molecule has 1 atom stereocenters. The number of halogens is 2. The van der Waals surface area contributed by atoms with E-state index in [0.717, 1.165) is 15.6 Å². The Kier molecular flexibility index (Phi) is 4.17. The van der Waals surface area contributed by atoms with Gasteiger partial charge in [0, 0.05) is 15.1 Å². The molecule has 23 heavy (non-hydrogen) atoms. The maximum atomic E-state index is 12.9. The summed E-state index contributed by atoms with van der Waals surface area (Å²) in [6.07, 6.45) is 0. The van der Waals surface area contributed by atoms with Gasteiger partial charge >= 0.3 is 6.03 Å². The van der Waals surface area contributed by atoms with Gasteiger partial charge in [0.15, 0.2) is 0 Å². The minimum absolute atomic E-state index is 0.186. The molecule has 1 aliphatic heterocycles. The lowest BCUT2D eigenvalue weighted by molar-refractivity contribution is -0.131. The molecule has 4 nitrogen and oxygen atoms in total. The average Bonchev–Trinajstić information content (AvgIpc) is 2.72. The zero-order valence-corrected chi connectivity index (χ0v) is 14.7. The highest BCUT2D eigenvalue weighted by atomic mass is 79.9. The molecule has 0 spiro atoms. The highest BCUT2D eigenvalue weighted by Gasteiger charge is 2.49. The maximum absolute atomic E-state index is 12.9. The van der Waals surface area contributed by atoms with Gasteiger partial charge in [0.1, 0.15) is 5.54 Å². The number of hydrogen-bond donors (Lipinski definition) is 1. The Balaban J connectivity index is 1.92. The molecule has 1 fully saturated rings. The fourth-order valence-electron chi connectivity index (χ4n) is 2.71. The third kappa shape index (κ3) is 2.86. The number of amides is 3. The third-order valence-corrected chi connectivity index (χ3v) is 4.84. The van der Waals surface area contributed by atoms with Crippen molar-refractivity contribution in [1.82, 2.24) is 10.2 Å². The topological polar surface area (TPSA) is 49.4 Å². The Morgan fingerprint density at radius 2 is 1.91 bits per heavy atom. The zero-order valence-electron chi connectivity index (χ0n) is 12.3. The van der Waals surface area contributed by atoms with E-state index in [1.807, 2.05) is 30.3 Å². The van der Waals surface area contributed by atoms with Crippen LogP contribution in [0.1, 0.15) is 18.1 Å². The molecule has 6 heteroatoms. The van der Waals surface area contributed by atoms with Crippen LogP contribution in [0.5, 0.6) is 0 Å². The largest absolute Gasteiger partial charge is 0.325 e. The standard InChI is InChI=1S/C17H14BrClN2O2/c1-17(13-7-2-3-8-14(13)18)15(22)21(16(23)20-17)10-11-5-4-6-12(19)9-11/h2-9H,10H2,1H3,(H,20,23)/t17-/m0/s1. The van der Waals surface area contributed by atoms with Gasteiger partial charge in [-0.1, -0.05) is 57.9 Å². The van der Waals surface area contributed by atoms with Gasteiger partial charge in [0.25, 0.3) is 5.91 Å². The van der Waals surface area contributed by atoms with Crippen LogP contribution in [0.25, 0.3) is 0 Å². The van der Waals surface area contributed by atoms with E-state index in [9.17, 15) is 9.59 Å². The van der Waals surface area contributed by atoms with Crippen LogP contribution in [0.2, 0.25) is 5.02 Å². The second kappa shape index (κ2) is 5.98. The van der Waals surface area contributed by atoms with Crippen molar-refractivity contribution in [1.29, 1.82) is 0 Å². The molecule has 0 saturated carbocycles. The molecular weight excluding hydrogens is 380 g/mol. The second-order valence-corrected chi connectivity index (χ2v) is 6.85. The van der Waals surface area contributed by atoms with E-state index in [-0.39, 0.29) is 12.5 Å². The Hall–Kier alpha value is -1.85. The van der Waals surface area contributed by atoms with E-state index in [1.54, 1.807) is 25.1 Å². The van der Waals surface area contributed by atoms with Crippen LogP contribution in [-0.2, 0) is 16.9 Å². The number of nitrogens with zero attached hydrogens (tertiary/aromatic N) is 1. The molecule has 1 heterocycles. The van der Waals surface area contributed by atoms with Gasteiger partial charge in [-0.15, -0.1) is 0 Å². The van der Waals surface area contributed by atoms with E-state index in [2.05, 4.69) is 21.2 Å². The molecule has 0 radical (unpaired) electrons. The third-order valence-electron chi connectivity index (χ3n) is 3.92. The number of urea groups is 1. The molecule has 3 amide bonds. The van der Waals surface area contributed by atoms with E-state index in [4.69, 9.17) is 11.6 Å². The molecule has 2 aromatic carbocycles. The van der Waals surface area contributed by atoms with Crippen LogP contribution in [0.3, 0.4) is 0 Å². The molecule has 0 aromatic heterocycles. The van der Waals surface area contributed by atoms with E-state index in [1.165, 1.54) is 4.90 Å². The van der Waals surface area contributed by atoms with Crippen molar-refractivity contribution in [2.45, 2.75) is 19.0 Å². The lowest BCUT2D eigenvalue weighted by atomic mass is 9.92. The molecule has 3 rings (SSSR count). The molecule has 0 unspecified atom stereocenters. The highest BCUT2D eigenvalue weighted by molar-refractivity contribution is 9.10. The highest BCUT2D eigenvalue weighted by Crippen LogP contribution is 2.34. The first-order valence-corrected chi connectivity index (χ1v) is 8.22. The number of imide groups is 1. The molecule has 118 valence electrons. The van der Waals surface area contributed by atoms with Crippen LogP contribution in [0.4, 0.5) is 4.79 Å². The second-order valence-electron chi connectivity index (χ2n) is 5.56. The molecule has 1 N–H and O–H groups in total. The minimum Gasteiger partial charge on any atom is -0.319 e. The number of carbonyl (C=O) groups excluding carboxylic acids is 2. The molecular formula is C17H14BrClN2O2. The molecule has 1 aliphatic rings. The molecule has 2 aromatic rings. The Morgan fingerprint density at radius 1 is 1.17 bits per heavy atom. The van der Waals surface area contributed by atoms with Gasteiger partial charge in [-0.05, 0) is 30.7 Å². The van der Waals surface area contributed by atoms with Crippen molar-refractivity contribution in [3.8, 4) is 0 Å². The summed E-state index contributed by atoms with van der Waals surface area (Å²) >= 11 is 9.41. The monoisotopic (exact) mass is 392 g/mol. The predicted molar refractivity (Wildman–Crippen MR) is 92.0 cm³/mol. The van der Waals surface area contributed by atoms with Crippen LogP contribution >= 0.6 is 27.5 Å². The lowest BCUT2D eigenvalue weighted by Gasteiger charge is -2.23. The van der Waals surface area contributed by atoms with E-state index >= 15 is 0 Å². The smallest absolute Gasteiger partial charge is 0.319 e. The maximum Gasteiger partial charge on any atom is 0.325 e. The van der Waals surface area contributed by atoms with Gasteiger partial charge in [0.05, 0.1) is 6.54 Å². The van der Waals surface area contributed by atoms with Gasteiger partial charge in [-0.25, -0.2) is 4.79 Å². The van der Waals surface area contributed by atoms with Crippen molar-refractivity contribution in [3.05, 3.63) is 69.2 Å². The Labute approximate surface area is 147 Å². The summed E-state index contributed by atoms with van der Waals surface area (Å²) in [5.74, 6) is -0.283. The van der Waals surface area contributed by atoms with Gasteiger partial charge < -0.3 is 5.32 Å². The molecule has 1 saturated heterocycles. The quantitative estimate of drug-likeness (QED) is 0.799. The van der Waals surface area contributed by atoms with Crippen LogP contribution in [-0.4, -0.2) is 16.8 Å². The van der Waals surface area contributed by atoms with Gasteiger partial charge in [-0.3, -0.25) is 9.69 Å². The Bertz CT molecular complexity index is 796. The van der Waals surface area contributed by atoms with Gasteiger partial charge in [0.2, 0.25) is 0 Å². The summed E-state index contributed by atoms with van der Waals surface area (Å²) in [6, 6.07) is 14.1. The van der Waals surface area contributed by atoms with Crippen molar-refractivity contribution < 1.29 is 9.59 Å². The van der Waals surface area contributed by atoms with Crippen LogP contribution in [0.15, 0.2) is 53.0 Å². The predicted octanol–water partition coefficient (Wildman–Crippen LogP) is 4.07. The van der Waals surface area contributed by atoms with Crippen LogP contribution < -0.4 is 5.32 Å². The average molecular weight is 394 g/mol. The summed E-state index contributed by atoms with van der Waals surface area (Å²) in [4.78, 5) is 26.4. The van der Waals surface area contributed by atoms with Crippen molar-refractivity contribution in [3.63, 3.8) is 0 Å². The lowest BCUT2D eigenvalue weighted by Crippen LogP contribution is -2.41. The van der Waals surface area contributed by atoms with Crippen molar-refractivity contribution >= 4 is 39.5 Å². The number of nitrogens with one attached hydrogen (secondary N) is 1. The summed E-state index contributed by atoms with van der Waals surface area (Å²) in [6.45, 7) is 1.90. The first kappa shape index (κ1) is 16.0. The van der Waals surface area contributed by atoms with Crippen molar-refractivity contribution in [2.24, 2.45) is 0 Å². The van der Waals surface area contributed by atoms with E-state index in [0.29, 0.717) is 5.02 Å². The summed E-state index contributed by atoms with van der Waals surface area (Å²) in [5, 5.41) is 3.37. The minimum atomic E-state index is -1.09. The number of rotatable bonds is 3. The summed E-state index contributed by atoms with van der Waals surface area (Å²) in [7, 11) is 0. The molecule has 0 aliphatic carbocycles. The van der Waals surface area contributed by atoms with Gasteiger partial charge in [-0.2, -0.15) is 0 Å².